The first-order chi connectivity index (χ1) is 13.8. The zero-order valence-electron chi connectivity index (χ0n) is 22.5. The predicted molar refractivity (Wildman–Crippen MR) is 138 cm³/mol. The second-order valence-electron chi connectivity index (χ2n) is 12.1. The summed E-state index contributed by atoms with van der Waals surface area (Å²) in [5.41, 5.74) is 4.43. The van der Waals surface area contributed by atoms with Crippen molar-refractivity contribution in [3.63, 3.8) is 0 Å². The third-order valence-corrected chi connectivity index (χ3v) is 7.64. The Morgan fingerprint density at radius 1 is 0.433 bits per heavy atom. The molecule has 0 bridgehead atoms. The maximum atomic E-state index is 2.41. The molecule has 1 aliphatic carbocycles. The summed E-state index contributed by atoms with van der Waals surface area (Å²) in [6, 6.07) is 7.09. The summed E-state index contributed by atoms with van der Waals surface area (Å²) in [4.78, 5) is 0. The molecule has 1 aliphatic rings. The summed E-state index contributed by atoms with van der Waals surface area (Å²) < 4.78 is 0. The highest BCUT2D eigenvalue weighted by atomic mass is 14.4. The molecule has 0 nitrogen and oxygen atoms in total. The molecule has 0 aromatic heterocycles. The number of benzene rings is 1. The van der Waals surface area contributed by atoms with Gasteiger partial charge in [-0.05, 0) is 89.2 Å². The summed E-state index contributed by atoms with van der Waals surface area (Å²) in [7, 11) is 0. The highest BCUT2D eigenvalue weighted by Crippen LogP contribution is 2.42. The summed E-state index contributed by atoms with van der Waals surface area (Å²) in [6.07, 6.45) is 4.45. The van der Waals surface area contributed by atoms with Crippen LogP contribution >= 0.6 is 0 Å². The van der Waals surface area contributed by atoms with Gasteiger partial charge in [0.1, 0.15) is 0 Å². The largest absolute Gasteiger partial charge is 0.0625 e. The second-order valence-corrected chi connectivity index (χ2v) is 12.1. The van der Waals surface area contributed by atoms with Gasteiger partial charge in [0.25, 0.3) is 0 Å². The maximum Gasteiger partial charge on any atom is -0.0219 e. The van der Waals surface area contributed by atoms with Crippen LogP contribution in [0.3, 0.4) is 0 Å². The molecule has 0 amide bonds. The van der Waals surface area contributed by atoms with Crippen LogP contribution in [0, 0.1) is 35.5 Å². The van der Waals surface area contributed by atoms with Crippen LogP contribution in [0.4, 0.5) is 0 Å². The van der Waals surface area contributed by atoms with Gasteiger partial charge >= 0.3 is 0 Å². The van der Waals surface area contributed by atoms with E-state index in [1.54, 1.807) is 0 Å². The van der Waals surface area contributed by atoms with Crippen molar-refractivity contribution in [3.05, 3.63) is 34.9 Å². The lowest BCUT2D eigenvalue weighted by Gasteiger charge is -2.40. The molecule has 1 fully saturated rings. The molecule has 0 N–H and O–H groups in total. The van der Waals surface area contributed by atoms with Gasteiger partial charge < -0.3 is 0 Å². The monoisotopic (exact) mass is 414 g/mol. The van der Waals surface area contributed by atoms with Gasteiger partial charge in [-0.2, -0.15) is 0 Å². The second kappa shape index (κ2) is 12.3. The number of rotatable bonds is 6. The van der Waals surface area contributed by atoms with E-state index in [1.807, 2.05) is 0 Å². The van der Waals surface area contributed by atoms with E-state index in [1.165, 1.54) is 36.0 Å². The Balaban J connectivity index is 0.000000300. The van der Waals surface area contributed by atoms with Crippen molar-refractivity contribution < 1.29 is 0 Å². The van der Waals surface area contributed by atoms with Crippen molar-refractivity contribution >= 4 is 0 Å². The summed E-state index contributed by atoms with van der Waals surface area (Å²) in [5, 5.41) is 0. The normalized spacial score (nSPS) is 22.4. The molecule has 0 atom stereocenters. The van der Waals surface area contributed by atoms with Crippen LogP contribution in [-0.2, 0) is 0 Å². The first-order valence-corrected chi connectivity index (χ1v) is 13.0. The average Bonchev–Trinajstić information content (AvgIpc) is 2.67. The van der Waals surface area contributed by atoms with Crippen LogP contribution in [0.2, 0.25) is 0 Å². The molecular formula is C30H54. The van der Waals surface area contributed by atoms with E-state index in [0.29, 0.717) is 17.8 Å². The van der Waals surface area contributed by atoms with Gasteiger partial charge in [0.15, 0.2) is 0 Å². The lowest BCUT2D eigenvalue weighted by atomic mass is 9.65. The van der Waals surface area contributed by atoms with E-state index >= 15 is 0 Å². The van der Waals surface area contributed by atoms with Crippen LogP contribution in [0.15, 0.2) is 18.2 Å². The van der Waals surface area contributed by atoms with E-state index in [-0.39, 0.29) is 0 Å². The molecule has 174 valence electrons. The molecule has 0 heterocycles. The zero-order valence-corrected chi connectivity index (χ0v) is 22.5. The smallest absolute Gasteiger partial charge is 0.0219 e. The Kier molecular flexibility index (Phi) is 11.2. The highest BCUT2D eigenvalue weighted by Gasteiger charge is 2.32. The molecule has 1 saturated carbocycles. The van der Waals surface area contributed by atoms with E-state index in [0.717, 1.165) is 35.5 Å². The maximum absolute atomic E-state index is 2.41. The minimum Gasteiger partial charge on any atom is -0.0625 e. The van der Waals surface area contributed by atoms with Gasteiger partial charge in [0.05, 0.1) is 0 Å². The van der Waals surface area contributed by atoms with Crippen molar-refractivity contribution in [1.82, 2.24) is 0 Å². The molecule has 0 unspecified atom stereocenters. The summed E-state index contributed by atoms with van der Waals surface area (Å²) >= 11 is 0. The van der Waals surface area contributed by atoms with Gasteiger partial charge in [-0.25, -0.2) is 0 Å². The average molecular weight is 415 g/mol. The molecule has 0 radical (unpaired) electrons. The Labute approximate surface area is 190 Å². The Bertz CT molecular complexity index is 498. The van der Waals surface area contributed by atoms with Crippen molar-refractivity contribution in [1.29, 1.82) is 0 Å². The fourth-order valence-corrected chi connectivity index (χ4v) is 4.79. The fourth-order valence-electron chi connectivity index (χ4n) is 4.79. The van der Waals surface area contributed by atoms with Crippen molar-refractivity contribution in [2.24, 2.45) is 35.5 Å². The molecule has 0 aliphatic heterocycles. The lowest BCUT2D eigenvalue weighted by molar-refractivity contribution is 0.102. The third kappa shape index (κ3) is 8.39. The molecular weight excluding hydrogens is 360 g/mol. The minimum atomic E-state index is 0.626. The molecule has 0 spiro atoms. The van der Waals surface area contributed by atoms with Gasteiger partial charge in [0.2, 0.25) is 0 Å². The Morgan fingerprint density at radius 2 is 0.633 bits per heavy atom. The van der Waals surface area contributed by atoms with Gasteiger partial charge in [-0.15, -0.1) is 0 Å². The van der Waals surface area contributed by atoms with E-state index < -0.39 is 0 Å². The van der Waals surface area contributed by atoms with Gasteiger partial charge in [-0.3, -0.25) is 0 Å². The predicted octanol–water partition coefficient (Wildman–Crippen LogP) is 10.0. The Morgan fingerprint density at radius 3 is 0.767 bits per heavy atom. The quantitative estimate of drug-likeness (QED) is 0.434. The Hall–Kier alpha value is -0.780. The fraction of sp³-hybridized carbons (Fsp3) is 0.800. The van der Waals surface area contributed by atoms with Gasteiger partial charge in [0, 0.05) is 0 Å². The van der Waals surface area contributed by atoms with E-state index in [9.17, 15) is 0 Å². The van der Waals surface area contributed by atoms with Crippen LogP contribution in [0.25, 0.3) is 0 Å². The number of hydrogen-bond acceptors (Lipinski definition) is 0. The van der Waals surface area contributed by atoms with Crippen molar-refractivity contribution in [2.75, 3.05) is 0 Å². The SMILES string of the molecule is CC(C)C1CC(C(C)C)CC(C(C)C)C1.CC(C)c1cc(C(C)C)cc(C(C)C)c1. The first kappa shape index (κ1) is 27.3. The summed E-state index contributed by atoms with van der Waals surface area (Å²) in [5.74, 6) is 7.48. The van der Waals surface area contributed by atoms with E-state index in [2.05, 4.69) is 101 Å². The van der Waals surface area contributed by atoms with Crippen LogP contribution in [0.5, 0.6) is 0 Å². The highest BCUT2D eigenvalue weighted by molar-refractivity contribution is 5.35. The molecule has 0 heteroatoms. The molecule has 1 aromatic rings. The molecule has 2 rings (SSSR count). The number of hydrogen-bond donors (Lipinski definition) is 0. The molecule has 30 heavy (non-hydrogen) atoms. The van der Waals surface area contributed by atoms with Crippen LogP contribution in [-0.4, -0.2) is 0 Å². The van der Waals surface area contributed by atoms with Crippen LogP contribution in [0.1, 0.15) is 137 Å². The molecule has 1 aromatic carbocycles. The van der Waals surface area contributed by atoms with Gasteiger partial charge in [-0.1, -0.05) is 101 Å². The lowest BCUT2D eigenvalue weighted by Crippen LogP contribution is -2.30. The summed E-state index contributed by atoms with van der Waals surface area (Å²) in [6.45, 7) is 28.0. The topological polar surface area (TPSA) is 0 Å². The van der Waals surface area contributed by atoms with Crippen molar-refractivity contribution in [2.45, 2.75) is 120 Å². The minimum absolute atomic E-state index is 0.626. The van der Waals surface area contributed by atoms with E-state index in [4.69, 9.17) is 0 Å². The molecule has 0 saturated heterocycles. The van der Waals surface area contributed by atoms with Crippen LogP contribution < -0.4 is 0 Å². The van der Waals surface area contributed by atoms with Crippen molar-refractivity contribution in [3.8, 4) is 0 Å². The standard InChI is InChI=1S/C15H30.C15H24/c2*1-10(2)13-7-14(11(3)4)9-15(8-13)12(5)6/h10-15H,7-9H2,1-6H3;7-12H,1-6H3. The third-order valence-electron chi connectivity index (χ3n) is 7.64. The zero-order chi connectivity index (χ0) is 23.2. The first-order valence-electron chi connectivity index (χ1n) is 13.0.